The third kappa shape index (κ3) is 27.9. The van der Waals surface area contributed by atoms with Gasteiger partial charge in [0, 0.05) is 231 Å². The Morgan fingerprint density at radius 2 is 0.336 bits per heavy atom. The molecule has 32 nitrogen and oxygen atoms in total. The highest BCUT2D eigenvalue weighted by Gasteiger charge is 2.48. The van der Waals surface area contributed by atoms with Gasteiger partial charge in [0.15, 0.2) is 0 Å². The molecule has 0 bridgehead atoms. The molecule has 0 atom stereocenters. The van der Waals surface area contributed by atoms with E-state index in [4.69, 9.17) is 97.7 Å². The van der Waals surface area contributed by atoms with Crippen LogP contribution in [0.5, 0.6) is 48.1 Å². The molecule has 0 radical (unpaired) electrons. The van der Waals surface area contributed by atoms with Crippen molar-refractivity contribution in [2.45, 2.75) is 462 Å². The molecule has 0 aliphatic carbocycles. The maximum Gasteiger partial charge on any atom is 0.324 e. The number of nitrogens with one attached hydrogen (secondary N) is 10. The van der Waals surface area contributed by atoms with Crippen molar-refractivity contribution in [1.29, 1.82) is 0 Å². The van der Waals surface area contributed by atoms with Crippen LogP contribution in [0.15, 0.2) is 0 Å². The lowest BCUT2D eigenvalue weighted by molar-refractivity contribution is 0.0401. The van der Waals surface area contributed by atoms with Gasteiger partial charge in [0.25, 0.3) is 0 Å². The molecule has 4 aromatic rings. The highest BCUT2D eigenvalue weighted by molar-refractivity contribution is 5.39. The molecule has 0 unspecified atom stereocenters. The maximum atomic E-state index is 7.12. The summed E-state index contributed by atoms with van der Waals surface area (Å²) in [6, 6.07) is 1.34. The highest BCUT2D eigenvalue weighted by Crippen LogP contribution is 2.41. The molecular weight excluding hydrogens is 1550 g/mol. The van der Waals surface area contributed by atoms with Crippen molar-refractivity contribution in [1.82, 2.24) is 102 Å². The van der Waals surface area contributed by atoms with E-state index in [0.717, 1.165) is 51.4 Å². The maximum absolute atomic E-state index is 7.12. The van der Waals surface area contributed by atoms with Crippen LogP contribution < -0.4 is 101 Å². The standard InChI is InChI=1S/C90H158N24O8/c1-75(2)39-55(40-76(3,4)105-75)115-67-93-63(94-68(101-67)116-56-41-77(5,6)106-78(7,8)42-56)91-33-35-113(65-97-71(119-59-47-83(17,18)109-84(19,20)48-59)103-72(98-65)120-60-49-85(21,22)110-86(23,24)50-60)37-38-114(66-99-73(121-61-51-87(25,26)111-88(27,28)52-61)104-74(100-66)122-62-53-89(29,30)112-90(31,32)54-62)36-34-92-64-95-69(117-57-43-79(9,10)107-80(11,12)44-57)102-70(96-64)118-58-45-81(13,14)108-82(15,16)46-58/h55-62,105-112H,33-54H2,1-32H3,(H,91,93,94,101)(H,92,95,96,102). The molecule has 12 rings (SSSR count). The van der Waals surface area contributed by atoms with E-state index < -0.39 is 0 Å². The van der Waals surface area contributed by atoms with E-state index in [1.807, 2.05) is 0 Å². The molecule has 0 aromatic carbocycles. The Hall–Kier alpha value is -6.68. The molecule has 4 aromatic heterocycles. The van der Waals surface area contributed by atoms with Crippen molar-refractivity contribution in [3.63, 3.8) is 0 Å². The molecule has 8 aliphatic heterocycles. The third-order valence-electron chi connectivity index (χ3n) is 24.3. The Kier molecular flexibility index (Phi) is 26.4. The molecule has 122 heavy (non-hydrogen) atoms. The number of piperidine rings is 8. The first-order valence-electron chi connectivity index (χ1n) is 45.5. The van der Waals surface area contributed by atoms with Crippen molar-refractivity contribution in [3.05, 3.63) is 0 Å². The van der Waals surface area contributed by atoms with Gasteiger partial charge < -0.3 is 101 Å². The number of hydrogen-bond donors (Lipinski definition) is 10. The summed E-state index contributed by atoms with van der Waals surface area (Å²) in [7, 11) is 0. The van der Waals surface area contributed by atoms with Crippen molar-refractivity contribution in [2.75, 3.05) is 59.7 Å². The van der Waals surface area contributed by atoms with Gasteiger partial charge in [-0.15, -0.1) is 19.9 Å². The van der Waals surface area contributed by atoms with Gasteiger partial charge in [-0.25, -0.2) is 0 Å². The molecule has 8 fully saturated rings. The lowest BCUT2D eigenvalue weighted by Gasteiger charge is -2.46. The van der Waals surface area contributed by atoms with Crippen LogP contribution in [-0.4, -0.2) is 237 Å². The molecule has 10 N–H and O–H groups in total. The molecule has 0 spiro atoms. The van der Waals surface area contributed by atoms with E-state index in [2.05, 4.69) is 285 Å². The lowest BCUT2D eigenvalue weighted by Crippen LogP contribution is -2.60. The first-order chi connectivity index (χ1) is 55.8. The van der Waals surface area contributed by atoms with E-state index >= 15 is 0 Å². The lowest BCUT2D eigenvalue weighted by atomic mass is 9.81. The first-order valence-corrected chi connectivity index (χ1v) is 45.5. The molecule has 0 saturated carbocycles. The van der Waals surface area contributed by atoms with Crippen LogP contribution >= 0.6 is 0 Å². The van der Waals surface area contributed by atoms with Crippen LogP contribution in [0.2, 0.25) is 0 Å². The molecule has 686 valence electrons. The monoisotopic (exact) mass is 1700 g/mol. The molecule has 8 aliphatic rings. The SMILES string of the molecule is CC1(C)CC(Oc2nc(NCCN(CCN(CCNc3nc(OC4CC(C)(C)NC(C)(C)C4)nc(OC4CC(C)(C)NC(C)(C)C4)n3)c3nc(OC4CC(C)(C)NC(C)(C)C4)nc(OC4CC(C)(C)NC(C)(C)C4)n3)c3nc(OC4CC(C)(C)NC(C)(C)C4)nc(OC4CC(C)(C)NC(C)(C)C4)n3)nc(OC3CC(C)(C)NC(C)(C)C3)n2)CC(C)(C)N1. The second-order valence-corrected chi connectivity index (χ2v) is 48.0. The van der Waals surface area contributed by atoms with E-state index in [-0.39, 0.29) is 237 Å². The fourth-order valence-corrected chi connectivity index (χ4v) is 23.4. The van der Waals surface area contributed by atoms with Gasteiger partial charge in [-0.3, -0.25) is 0 Å². The summed E-state index contributed by atoms with van der Waals surface area (Å²) in [5, 5.41) is 37.9. The predicted octanol–water partition coefficient (Wildman–Crippen LogP) is 12.5. The quantitative estimate of drug-likeness (QED) is 0.0241. The summed E-state index contributed by atoms with van der Waals surface area (Å²) < 4.78 is 56.1. The smallest absolute Gasteiger partial charge is 0.324 e. The van der Waals surface area contributed by atoms with Crippen molar-refractivity contribution < 1.29 is 37.9 Å². The topological polar surface area (TPSA) is 355 Å². The van der Waals surface area contributed by atoms with Crippen LogP contribution in [0.3, 0.4) is 0 Å². The summed E-state index contributed by atoms with van der Waals surface area (Å²) in [6.45, 7) is 72.3. The van der Waals surface area contributed by atoms with Gasteiger partial charge in [0.05, 0.1) is 0 Å². The molecule has 12 heterocycles. The zero-order valence-corrected chi connectivity index (χ0v) is 80.7. The number of ether oxygens (including phenoxy) is 8. The number of hydrogen-bond acceptors (Lipinski definition) is 32. The Balaban J connectivity index is 0.965. The fourth-order valence-electron chi connectivity index (χ4n) is 23.4. The largest absolute Gasteiger partial charge is 0.460 e. The predicted molar refractivity (Wildman–Crippen MR) is 480 cm³/mol. The fraction of sp³-hybridized carbons (Fsp3) is 0.867. The summed E-state index contributed by atoms with van der Waals surface area (Å²) in [5.74, 6) is 1.21. The molecule has 32 heteroatoms. The van der Waals surface area contributed by atoms with Crippen LogP contribution in [-0.2, 0) is 0 Å². The molecular formula is C90H158N24O8. The van der Waals surface area contributed by atoms with Crippen LogP contribution in [0.25, 0.3) is 0 Å². The van der Waals surface area contributed by atoms with Crippen LogP contribution in [0, 0.1) is 0 Å². The van der Waals surface area contributed by atoms with Crippen LogP contribution in [0.4, 0.5) is 23.8 Å². The Morgan fingerprint density at radius 3 is 0.475 bits per heavy atom. The highest BCUT2D eigenvalue weighted by atomic mass is 16.5. The Labute approximate surface area is 730 Å². The second-order valence-electron chi connectivity index (χ2n) is 48.0. The minimum absolute atomic E-state index is 0.156. The zero-order chi connectivity index (χ0) is 89.5. The normalized spacial score (nSPS) is 25.7. The molecule has 0 amide bonds. The van der Waals surface area contributed by atoms with Crippen LogP contribution in [0.1, 0.15) is 324 Å². The first kappa shape index (κ1) is 94.5. The Bertz CT molecular complexity index is 3630. The molecule has 8 saturated heterocycles. The minimum atomic E-state index is -0.262. The van der Waals surface area contributed by atoms with Crippen molar-refractivity contribution in [2.24, 2.45) is 0 Å². The minimum Gasteiger partial charge on any atom is -0.460 e. The Morgan fingerprint density at radius 1 is 0.205 bits per heavy atom. The van der Waals surface area contributed by atoms with Gasteiger partial charge in [0.2, 0.25) is 23.8 Å². The average molecular weight is 1700 g/mol. The summed E-state index contributed by atoms with van der Waals surface area (Å²) in [4.78, 5) is 66.1. The van der Waals surface area contributed by atoms with E-state index in [1.165, 1.54) is 0 Å². The van der Waals surface area contributed by atoms with Crippen molar-refractivity contribution >= 4 is 23.8 Å². The number of anilines is 4. The van der Waals surface area contributed by atoms with Gasteiger partial charge in [-0.1, -0.05) is 0 Å². The summed E-state index contributed by atoms with van der Waals surface area (Å²) >= 11 is 0. The van der Waals surface area contributed by atoms with E-state index in [0.29, 0.717) is 63.3 Å². The third-order valence-corrected chi connectivity index (χ3v) is 24.3. The van der Waals surface area contributed by atoms with Gasteiger partial charge in [-0.2, -0.15) is 39.9 Å². The van der Waals surface area contributed by atoms with E-state index in [9.17, 15) is 0 Å². The second kappa shape index (κ2) is 34.2. The number of aromatic nitrogens is 12. The van der Waals surface area contributed by atoms with Crippen molar-refractivity contribution in [3.8, 4) is 48.1 Å². The summed E-state index contributed by atoms with van der Waals surface area (Å²) in [6.07, 6.45) is 9.59. The summed E-state index contributed by atoms with van der Waals surface area (Å²) in [5.41, 5.74) is -3.84. The number of rotatable bonds is 29. The average Bonchev–Trinajstić information content (AvgIpc) is 0.796. The zero-order valence-electron chi connectivity index (χ0n) is 80.7. The van der Waals surface area contributed by atoms with Gasteiger partial charge in [-0.05, 0) is 222 Å². The van der Waals surface area contributed by atoms with E-state index in [1.54, 1.807) is 0 Å². The number of nitrogens with zero attached hydrogens (tertiary/aromatic N) is 14. The van der Waals surface area contributed by atoms with Gasteiger partial charge in [0.1, 0.15) is 48.8 Å². The van der Waals surface area contributed by atoms with Gasteiger partial charge >= 0.3 is 48.1 Å².